The van der Waals surface area contributed by atoms with Crippen LogP contribution in [0, 0.1) is 0 Å². The Hall–Kier alpha value is -3.19. The second kappa shape index (κ2) is 10.2. The van der Waals surface area contributed by atoms with E-state index in [0.717, 1.165) is 75.7 Å². The van der Waals surface area contributed by atoms with Crippen molar-refractivity contribution in [2.45, 2.75) is 51.3 Å². The summed E-state index contributed by atoms with van der Waals surface area (Å²) in [6, 6.07) is 18.1. The minimum Gasteiger partial charge on any atom is -0.490 e. The lowest BCUT2D eigenvalue weighted by Gasteiger charge is -2.32. The summed E-state index contributed by atoms with van der Waals surface area (Å²) < 4.78 is 8.29. The average Bonchev–Trinajstić information content (AvgIpc) is 3.48. The van der Waals surface area contributed by atoms with Crippen molar-refractivity contribution in [1.29, 1.82) is 0 Å². The third-order valence-electron chi connectivity index (χ3n) is 6.61. The minimum absolute atomic E-state index is 0.108. The number of aromatic nitrogens is 3. The van der Waals surface area contributed by atoms with Crippen LogP contribution in [-0.2, 0) is 25.9 Å². The monoisotopic (exact) mass is 445 g/mol. The van der Waals surface area contributed by atoms with Gasteiger partial charge in [0.1, 0.15) is 17.7 Å². The smallest absolute Gasteiger partial charge is 0.251 e. The average molecular weight is 446 g/mol. The van der Waals surface area contributed by atoms with Gasteiger partial charge in [-0.1, -0.05) is 30.3 Å². The first-order valence-electron chi connectivity index (χ1n) is 12.0. The fraction of sp³-hybridized carbons (Fsp3) is 0.423. The largest absolute Gasteiger partial charge is 0.490 e. The second-order valence-corrected chi connectivity index (χ2v) is 8.89. The lowest BCUT2D eigenvalue weighted by atomic mass is 10.1. The van der Waals surface area contributed by atoms with E-state index in [1.165, 1.54) is 5.56 Å². The molecule has 0 bridgehead atoms. The summed E-state index contributed by atoms with van der Waals surface area (Å²) in [4.78, 5) is 15.0. The molecule has 0 atom stereocenters. The predicted octanol–water partition coefficient (Wildman–Crippen LogP) is 3.24. The molecule has 7 heteroatoms. The second-order valence-electron chi connectivity index (χ2n) is 8.89. The van der Waals surface area contributed by atoms with Crippen LogP contribution in [0.3, 0.4) is 0 Å². The van der Waals surface area contributed by atoms with Gasteiger partial charge >= 0.3 is 0 Å². The van der Waals surface area contributed by atoms with Gasteiger partial charge < -0.3 is 19.5 Å². The lowest BCUT2D eigenvalue weighted by Crippen LogP contribution is -2.39. The number of rotatable bonds is 8. The quantitative estimate of drug-likeness (QED) is 0.576. The first kappa shape index (κ1) is 21.6. The topological polar surface area (TPSA) is 72.3 Å². The van der Waals surface area contributed by atoms with Gasteiger partial charge in [0.25, 0.3) is 5.91 Å². The van der Waals surface area contributed by atoms with Gasteiger partial charge in [-0.2, -0.15) is 0 Å². The molecule has 0 radical (unpaired) electrons. The van der Waals surface area contributed by atoms with Gasteiger partial charge in [0.05, 0.1) is 6.54 Å². The maximum Gasteiger partial charge on any atom is 0.251 e. The SMILES string of the molecule is O=C(NCc1nnc2n1CCC2)c1ccc(OC2CCN(CCc3ccccc3)CC2)cc1. The maximum absolute atomic E-state index is 12.5. The Morgan fingerprint density at radius 3 is 2.58 bits per heavy atom. The van der Waals surface area contributed by atoms with Crippen LogP contribution in [0.15, 0.2) is 54.6 Å². The summed E-state index contributed by atoms with van der Waals surface area (Å²) in [5.41, 5.74) is 2.02. The molecular formula is C26H31N5O2. The molecule has 172 valence electrons. The third kappa shape index (κ3) is 5.42. The van der Waals surface area contributed by atoms with Crippen molar-refractivity contribution < 1.29 is 9.53 Å². The highest BCUT2D eigenvalue weighted by Gasteiger charge is 2.21. The molecule has 1 saturated heterocycles. The molecule has 0 spiro atoms. The van der Waals surface area contributed by atoms with Crippen LogP contribution in [0.2, 0.25) is 0 Å². The number of hydrogen-bond donors (Lipinski definition) is 1. The van der Waals surface area contributed by atoms with Crippen molar-refractivity contribution in [1.82, 2.24) is 25.0 Å². The zero-order chi connectivity index (χ0) is 22.5. The van der Waals surface area contributed by atoms with Crippen LogP contribution in [0.5, 0.6) is 5.75 Å². The molecule has 0 aliphatic carbocycles. The molecule has 2 aliphatic rings. The number of carbonyl (C=O) groups excluding carboxylic acids is 1. The molecule has 2 aromatic carbocycles. The number of benzene rings is 2. The van der Waals surface area contributed by atoms with Crippen molar-refractivity contribution >= 4 is 5.91 Å². The summed E-state index contributed by atoms with van der Waals surface area (Å²) in [6.07, 6.45) is 5.44. The fourth-order valence-corrected chi connectivity index (χ4v) is 4.66. The molecule has 1 aromatic heterocycles. The van der Waals surface area contributed by atoms with Crippen molar-refractivity contribution in [3.05, 3.63) is 77.4 Å². The molecule has 3 aromatic rings. The van der Waals surface area contributed by atoms with Crippen LogP contribution in [-0.4, -0.2) is 51.3 Å². The number of fused-ring (bicyclic) bond motifs is 1. The van der Waals surface area contributed by atoms with Crippen LogP contribution < -0.4 is 10.1 Å². The van der Waals surface area contributed by atoms with Crippen LogP contribution >= 0.6 is 0 Å². The summed E-state index contributed by atoms with van der Waals surface area (Å²) in [6.45, 7) is 4.55. The maximum atomic E-state index is 12.5. The van der Waals surface area contributed by atoms with E-state index in [4.69, 9.17) is 4.74 Å². The molecule has 2 aliphatic heterocycles. The number of aryl methyl sites for hydroxylation is 1. The number of nitrogens with one attached hydrogen (secondary N) is 1. The number of carbonyl (C=O) groups is 1. The first-order chi connectivity index (χ1) is 16.2. The normalized spacial score (nSPS) is 16.5. The summed E-state index contributed by atoms with van der Waals surface area (Å²) in [7, 11) is 0. The van der Waals surface area contributed by atoms with Crippen LogP contribution in [0.4, 0.5) is 0 Å². The standard InChI is InChI=1S/C26H31N5O2/c32-26(27-19-25-29-28-24-7-4-15-31(24)25)21-8-10-22(11-9-21)33-23-13-17-30(18-14-23)16-12-20-5-2-1-3-6-20/h1-3,5-6,8-11,23H,4,7,12-19H2,(H,27,32). The Kier molecular flexibility index (Phi) is 6.67. The molecule has 7 nitrogen and oxygen atoms in total. The number of amides is 1. The molecule has 0 unspecified atom stereocenters. The molecule has 1 amide bonds. The zero-order valence-corrected chi connectivity index (χ0v) is 18.9. The van der Waals surface area contributed by atoms with E-state index in [-0.39, 0.29) is 12.0 Å². The Morgan fingerprint density at radius 2 is 1.79 bits per heavy atom. The van der Waals surface area contributed by atoms with E-state index < -0.39 is 0 Å². The van der Waals surface area contributed by atoms with Crippen molar-refractivity contribution in [3.8, 4) is 5.75 Å². The molecule has 0 saturated carbocycles. The van der Waals surface area contributed by atoms with Crippen LogP contribution in [0.1, 0.15) is 46.8 Å². The van der Waals surface area contributed by atoms with Crippen molar-refractivity contribution in [3.63, 3.8) is 0 Å². The highest BCUT2D eigenvalue weighted by molar-refractivity contribution is 5.94. The van der Waals surface area contributed by atoms with Gasteiger partial charge in [-0.3, -0.25) is 4.79 Å². The number of hydrogen-bond acceptors (Lipinski definition) is 5. The lowest BCUT2D eigenvalue weighted by molar-refractivity contribution is 0.0948. The van der Waals surface area contributed by atoms with E-state index in [1.54, 1.807) is 0 Å². The first-order valence-corrected chi connectivity index (χ1v) is 12.0. The van der Waals surface area contributed by atoms with E-state index in [2.05, 4.69) is 55.3 Å². The number of piperidine rings is 1. The molecule has 3 heterocycles. The van der Waals surface area contributed by atoms with Gasteiger partial charge in [0.2, 0.25) is 0 Å². The zero-order valence-electron chi connectivity index (χ0n) is 18.9. The Balaban J connectivity index is 1.05. The molecule has 1 fully saturated rings. The van der Waals surface area contributed by atoms with Gasteiger partial charge in [0.15, 0.2) is 5.82 Å². The molecular weight excluding hydrogens is 414 g/mol. The molecule has 33 heavy (non-hydrogen) atoms. The van der Waals surface area contributed by atoms with Gasteiger partial charge in [-0.05, 0) is 55.5 Å². The molecule has 1 N–H and O–H groups in total. The number of likely N-dealkylation sites (tertiary alicyclic amines) is 1. The summed E-state index contributed by atoms with van der Waals surface area (Å²) in [5.74, 6) is 2.56. The summed E-state index contributed by atoms with van der Waals surface area (Å²) in [5, 5.41) is 11.3. The highest BCUT2D eigenvalue weighted by Crippen LogP contribution is 2.20. The minimum atomic E-state index is -0.108. The van der Waals surface area contributed by atoms with Gasteiger partial charge in [-0.25, -0.2) is 0 Å². The van der Waals surface area contributed by atoms with E-state index in [0.29, 0.717) is 12.1 Å². The third-order valence-corrected chi connectivity index (χ3v) is 6.61. The summed E-state index contributed by atoms with van der Waals surface area (Å²) >= 11 is 0. The molecule has 5 rings (SSSR count). The Labute approximate surface area is 194 Å². The van der Waals surface area contributed by atoms with Crippen LogP contribution in [0.25, 0.3) is 0 Å². The Morgan fingerprint density at radius 1 is 1.00 bits per heavy atom. The van der Waals surface area contributed by atoms with E-state index in [1.807, 2.05) is 24.3 Å². The van der Waals surface area contributed by atoms with Crippen molar-refractivity contribution in [2.24, 2.45) is 0 Å². The van der Waals surface area contributed by atoms with Gasteiger partial charge in [-0.15, -0.1) is 10.2 Å². The van der Waals surface area contributed by atoms with Crippen molar-refractivity contribution in [2.75, 3.05) is 19.6 Å². The highest BCUT2D eigenvalue weighted by atomic mass is 16.5. The van der Waals surface area contributed by atoms with E-state index >= 15 is 0 Å². The number of ether oxygens (including phenoxy) is 1. The number of nitrogens with zero attached hydrogens (tertiary/aromatic N) is 4. The van der Waals surface area contributed by atoms with Gasteiger partial charge in [0, 0.05) is 38.2 Å². The fourth-order valence-electron chi connectivity index (χ4n) is 4.66. The van der Waals surface area contributed by atoms with E-state index in [9.17, 15) is 4.79 Å². The predicted molar refractivity (Wildman–Crippen MR) is 126 cm³/mol. The Bertz CT molecular complexity index is 1060.